The van der Waals surface area contributed by atoms with Crippen molar-refractivity contribution in [3.8, 4) is 6.07 Å². The maximum Gasteiger partial charge on any atom is 0.160 e. The quantitative estimate of drug-likeness (QED) is 0.520. The molecule has 0 saturated heterocycles. The molecule has 66 valence electrons. The Kier molecular flexibility index (Phi) is 2.34. The lowest BCUT2D eigenvalue weighted by Crippen LogP contribution is -2.00. The molecule has 13 heavy (non-hydrogen) atoms. The molecule has 3 nitrogen and oxygen atoms in total. The van der Waals surface area contributed by atoms with Gasteiger partial charge >= 0.3 is 0 Å². The molecule has 0 saturated carbocycles. The van der Waals surface area contributed by atoms with E-state index in [1.807, 2.05) is 6.07 Å². The number of nitrogens with zero attached hydrogens (tertiary/aromatic N) is 1. The molecule has 0 unspecified atom stereocenters. The van der Waals surface area contributed by atoms with Crippen LogP contribution in [0.25, 0.3) is 0 Å². The van der Waals surface area contributed by atoms with Crippen LogP contribution in [-0.4, -0.2) is 5.78 Å². The van der Waals surface area contributed by atoms with Crippen LogP contribution in [0.15, 0.2) is 12.1 Å². The van der Waals surface area contributed by atoms with E-state index in [0.717, 1.165) is 0 Å². The number of rotatable bonds is 1. The van der Waals surface area contributed by atoms with Crippen LogP contribution in [0.2, 0.25) is 0 Å². The highest BCUT2D eigenvalue weighted by Gasteiger charge is 2.08. The number of Topliss-reactive ketones (excluding diaryl/α,β-unsaturated/α-hetero) is 1. The Morgan fingerprint density at radius 2 is 2.15 bits per heavy atom. The number of carbonyl (C=O) groups excluding carboxylic acids is 1. The molecule has 0 bridgehead atoms. The van der Waals surface area contributed by atoms with E-state index in [1.54, 1.807) is 19.1 Å². The van der Waals surface area contributed by atoms with E-state index in [9.17, 15) is 4.79 Å². The van der Waals surface area contributed by atoms with Crippen LogP contribution in [-0.2, 0) is 0 Å². The third kappa shape index (κ3) is 1.67. The summed E-state index contributed by atoms with van der Waals surface area (Å²) in [6.07, 6.45) is 0. The van der Waals surface area contributed by atoms with Crippen LogP contribution in [0, 0.1) is 18.3 Å². The molecule has 1 rings (SSSR count). The first-order valence-corrected chi connectivity index (χ1v) is 3.87. The van der Waals surface area contributed by atoms with Crippen LogP contribution >= 0.6 is 0 Å². The molecule has 0 spiro atoms. The first-order chi connectivity index (χ1) is 6.06. The average molecular weight is 174 g/mol. The number of nitrogens with two attached hydrogens (primary N) is 1. The highest BCUT2D eigenvalue weighted by atomic mass is 16.1. The third-order valence-corrected chi connectivity index (χ3v) is 1.93. The Morgan fingerprint density at radius 1 is 1.54 bits per heavy atom. The van der Waals surface area contributed by atoms with E-state index in [4.69, 9.17) is 11.0 Å². The van der Waals surface area contributed by atoms with E-state index in [-0.39, 0.29) is 5.78 Å². The first-order valence-electron chi connectivity index (χ1n) is 3.87. The predicted octanol–water partition coefficient (Wildman–Crippen LogP) is 1.65. The van der Waals surface area contributed by atoms with Crippen LogP contribution in [0.5, 0.6) is 0 Å². The molecule has 1 aromatic rings. The largest absolute Gasteiger partial charge is 0.399 e. The molecule has 3 heteroatoms. The first kappa shape index (κ1) is 9.27. The number of anilines is 1. The second-order valence-corrected chi connectivity index (χ2v) is 2.91. The van der Waals surface area contributed by atoms with E-state index in [1.165, 1.54) is 6.92 Å². The van der Waals surface area contributed by atoms with Crippen molar-refractivity contribution >= 4 is 11.5 Å². The van der Waals surface area contributed by atoms with Crippen molar-refractivity contribution in [3.63, 3.8) is 0 Å². The zero-order valence-corrected chi connectivity index (χ0v) is 7.59. The summed E-state index contributed by atoms with van der Waals surface area (Å²) in [7, 11) is 0. The molecule has 0 aliphatic rings. The number of nitrogen functional groups attached to an aromatic ring is 1. The monoisotopic (exact) mass is 174 g/mol. The van der Waals surface area contributed by atoms with E-state index in [0.29, 0.717) is 22.4 Å². The van der Waals surface area contributed by atoms with Crippen molar-refractivity contribution in [1.82, 2.24) is 0 Å². The van der Waals surface area contributed by atoms with Gasteiger partial charge < -0.3 is 5.73 Å². The normalized spacial score (nSPS) is 9.31. The summed E-state index contributed by atoms with van der Waals surface area (Å²) in [5.41, 5.74) is 7.68. The van der Waals surface area contributed by atoms with Crippen LogP contribution in [0.3, 0.4) is 0 Å². The second-order valence-electron chi connectivity index (χ2n) is 2.91. The molecule has 1 aromatic carbocycles. The molecule has 0 fully saturated rings. The molecular formula is C10H10N2O. The van der Waals surface area contributed by atoms with Gasteiger partial charge in [-0.2, -0.15) is 5.26 Å². The molecule has 2 N–H and O–H groups in total. The van der Waals surface area contributed by atoms with Gasteiger partial charge in [-0.15, -0.1) is 0 Å². The van der Waals surface area contributed by atoms with Crippen molar-refractivity contribution < 1.29 is 4.79 Å². The highest BCUT2D eigenvalue weighted by Crippen LogP contribution is 2.18. The zero-order chi connectivity index (χ0) is 10.0. The lowest BCUT2D eigenvalue weighted by molar-refractivity contribution is 0.101. The summed E-state index contributed by atoms with van der Waals surface area (Å²) < 4.78 is 0. The minimum Gasteiger partial charge on any atom is -0.399 e. The van der Waals surface area contributed by atoms with Gasteiger partial charge in [-0.25, -0.2) is 0 Å². The smallest absolute Gasteiger partial charge is 0.160 e. The summed E-state index contributed by atoms with van der Waals surface area (Å²) >= 11 is 0. The topological polar surface area (TPSA) is 66.9 Å². The Bertz CT molecular complexity index is 402. The maximum absolute atomic E-state index is 11.1. The van der Waals surface area contributed by atoms with Gasteiger partial charge in [0.05, 0.1) is 11.6 Å². The molecule has 0 radical (unpaired) electrons. The maximum atomic E-state index is 11.1. The van der Waals surface area contributed by atoms with E-state index >= 15 is 0 Å². The van der Waals surface area contributed by atoms with Crippen molar-refractivity contribution in [2.75, 3.05) is 5.73 Å². The summed E-state index contributed by atoms with van der Waals surface area (Å²) in [6.45, 7) is 3.21. The number of hydrogen-bond acceptors (Lipinski definition) is 3. The van der Waals surface area contributed by atoms with Gasteiger partial charge in [0.1, 0.15) is 0 Å². The lowest BCUT2D eigenvalue weighted by atomic mass is 9.99. The van der Waals surface area contributed by atoms with Gasteiger partial charge in [-0.3, -0.25) is 4.79 Å². The van der Waals surface area contributed by atoms with Gasteiger partial charge in [0, 0.05) is 11.3 Å². The number of ketones is 1. The minimum absolute atomic E-state index is 0.0682. The summed E-state index contributed by atoms with van der Waals surface area (Å²) in [6, 6.07) is 5.17. The van der Waals surface area contributed by atoms with Crippen LogP contribution in [0.1, 0.15) is 28.4 Å². The SMILES string of the molecule is CC(=O)c1cc(N)cc(C#N)c1C. The van der Waals surface area contributed by atoms with Gasteiger partial charge in [0.15, 0.2) is 5.78 Å². The Morgan fingerprint density at radius 3 is 2.62 bits per heavy atom. The van der Waals surface area contributed by atoms with Crippen molar-refractivity contribution in [3.05, 3.63) is 28.8 Å². The third-order valence-electron chi connectivity index (χ3n) is 1.93. The van der Waals surface area contributed by atoms with Crippen LogP contribution in [0.4, 0.5) is 5.69 Å². The van der Waals surface area contributed by atoms with E-state index in [2.05, 4.69) is 0 Å². The number of carbonyl (C=O) groups is 1. The van der Waals surface area contributed by atoms with Gasteiger partial charge in [0.25, 0.3) is 0 Å². The fraction of sp³-hybridized carbons (Fsp3) is 0.200. The Labute approximate surface area is 76.8 Å². The van der Waals surface area contributed by atoms with Gasteiger partial charge in [-0.1, -0.05) is 0 Å². The molecule has 0 aromatic heterocycles. The van der Waals surface area contributed by atoms with E-state index < -0.39 is 0 Å². The molecular weight excluding hydrogens is 164 g/mol. The number of hydrogen-bond donors (Lipinski definition) is 1. The van der Waals surface area contributed by atoms with Crippen molar-refractivity contribution in [1.29, 1.82) is 5.26 Å². The zero-order valence-electron chi connectivity index (χ0n) is 7.59. The fourth-order valence-corrected chi connectivity index (χ4v) is 1.22. The lowest BCUT2D eigenvalue weighted by Gasteiger charge is -2.04. The van der Waals surface area contributed by atoms with Crippen molar-refractivity contribution in [2.24, 2.45) is 0 Å². The van der Waals surface area contributed by atoms with Gasteiger partial charge in [0.2, 0.25) is 0 Å². The summed E-state index contributed by atoms with van der Waals surface area (Å²) in [5, 5.41) is 8.73. The second kappa shape index (κ2) is 3.28. The summed E-state index contributed by atoms with van der Waals surface area (Å²) in [5.74, 6) is -0.0682. The predicted molar refractivity (Wildman–Crippen MR) is 50.3 cm³/mol. The number of benzene rings is 1. The van der Waals surface area contributed by atoms with Crippen molar-refractivity contribution in [2.45, 2.75) is 13.8 Å². The molecule has 0 heterocycles. The molecule has 0 aliphatic heterocycles. The summed E-state index contributed by atoms with van der Waals surface area (Å²) in [4.78, 5) is 11.1. The Hall–Kier alpha value is -1.82. The molecule has 0 aliphatic carbocycles. The van der Waals surface area contributed by atoms with Gasteiger partial charge in [-0.05, 0) is 31.5 Å². The fourth-order valence-electron chi connectivity index (χ4n) is 1.22. The standard InChI is InChI=1S/C10H10N2O/c1-6-8(5-11)3-9(12)4-10(6)7(2)13/h3-4H,12H2,1-2H3. The highest BCUT2D eigenvalue weighted by molar-refractivity contribution is 5.97. The van der Waals surface area contributed by atoms with Crippen LogP contribution < -0.4 is 5.73 Å². The molecule has 0 amide bonds. The number of nitriles is 1. The average Bonchev–Trinajstić information content (AvgIpc) is 2.08. The molecule has 0 atom stereocenters. The minimum atomic E-state index is -0.0682. The Balaban J connectivity index is 3.47.